The molecule has 3 rings (SSSR count). The molecule has 0 saturated heterocycles. The Labute approximate surface area is 159 Å². The summed E-state index contributed by atoms with van der Waals surface area (Å²) in [4.78, 5) is 25.9. The van der Waals surface area contributed by atoms with Gasteiger partial charge in [0.05, 0.1) is 12.6 Å². The molecular formula is C21H26N2O2S. The van der Waals surface area contributed by atoms with E-state index in [9.17, 15) is 9.59 Å². The van der Waals surface area contributed by atoms with Crippen LogP contribution in [0.2, 0.25) is 0 Å². The van der Waals surface area contributed by atoms with Crippen molar-refractivity contribution in [2.45, 2.75) is 51.5 Å². The van der Waals surface area contributed by atoms with Crippen LogP contribution >= 0.6 is 11.3 Å². The number of amides is 2. The summed E-state index contributed by atoms with van der Waals surface area (Å²) >= 11 is 1.75. The van der Waals surface area contributed by atoms with Gasteiger partial charge in [-0.25, -0.2) is 0 Å². The molecule has 26 heavy (non-hydrogen) atoms. The minimum absolute atomic E-state index is 0.00414. The Morgan fingerprint density at radius 3 is 2.58 bits per heavy atom. The topological polar surface area (TPSA) is 58.2 Å². The largest absolute Gasteiger partial charge is 0.348 e. The van der Waals surface area contributed by atoms with Gasteiger partial charge in [-0.2, -0.15) is 0 Å². The first-order valence-corrected chi connectivity index (χ1v) is 9.97. The molecule has 0 aliphatic heterocycles. The van der Waals surface area contributed by atoms with E-state index < -0.39 is 0 Å². The van der Waals surface area contributed by atoms with Gasteiger partial charge in [0.2, 0.25) is 5.91 Å². The SMILES string of the molecule is CC(C)(C)c1ccc(C(=O)NCC(=O)N[C@H]2CCCc3sccc32)cc1. The second kappa shape index (κ2) is 7.62. The summed E-state index contributed by atoms with van der Waals surface area (Å²) in [6, 6.07) is 9.73. The molecule has 1 aliphatic rings. The fraction of sp³-hybridized carbons (Fsp3) is 0.429. The van der Waals surface area contributed by atoms with E-state index in [0.717, 1.165) is 19.3 Å². The smallest absolute Gasteiger partial charge is 0.251 e. The number of benzene rings is 1. The predicted octanol–water partition coefficient (Wildman–Crippen LogP) is 3.97. The maximum atomic E-state index is 12.3. The van der Waals surface area contributed by atoms with Crippen LogP contribution in [0.4, 0.5) is 0 Å². The number of hydrogen-bond acceptors (Lipinski definition) is 3. The molecule has 0 fully saturated rings. The van der Waals surface area contributed by atoms with Crippen molar-refractivity contribution in [3.8, 4) is 0 Å². The molecule has 5 heteroatoms. The molecule has 0 unspecified atom stereocenters. The quantitative estimate of drug-likeness (QED) is 0.855. The van der Waals surface area contributed by atoms with Gasteiger partial charge in [-0.15, -0.1) is 11.3 Å². The average Bonchev–Trinajstić information content (AvgIpc) is 3.09. The normalized spacial score (nSPS) is 16.7. The van der Waals surface area contributed by atoms with Crippen LogP contribution in [0.15, 0.2) is 35.7 Å². The van der Waals surface area contributed by atoms with Crippen molar-refractivity contribution in [1.29, 1.82) is 0 Å². The number of hydrogen-bond donors (Lipinski definition) is 2. The van der Waals surface area contributed by atoms with Crippen molar-refractivity contribution < 1.29 is 9.59 Å². The van der Waals surface area contributed by atoms with Crippen LogP contribution in [-0.4, -0.2) is 18.4 Å². The first kappa shape index (κ1) is 18.6. The van der Waals surface area contributed by atoms with Crippen LogP contribution in [-0.2, 0) is 16.6 Å². The van der Waals surface area contributed by atoms with Crippen molar-refractivity contribution in [3.63, 3.8) is 0 Å². The molecule has 0 spiro atoms. The van der Waals surface area contributed by atoms with E-state index >= 15 is 0 Å². The molecule has 2 amide bonds. The monoisotopic (exact) mass is 370 g/mol. The highest BCUT2D eigenvalue weighted by Crippen LogP contribution is 2.33. The van der Waals surface area contributed by atoms with Crippen LogP contribution < -0.4 is 10.6 Å². The van der Waals surface area contributed by atoms with Crippen LogP contribution in [0.1, 0.15) is 66.0 Å². The minimum Gasteiger partial charge on any atom is -0.348 e. The third-order valence-electron chi connectivity index (χ3n) is 4.81. The van der Waals surface area contributed by atoms with Gasteiger partial charge in [0.25, 0.3) is 5.91 Å². The van der Waals surface area contributed by atoms with E-state index in [1.807, 2.05) is 24.3 Å². The zero-order chi connectivity index (χ0) is 18.7. The lowest BCUT2D eigenvalue weighted by Crippen LogP contribution is -2.39. The highest BCUT2D eigenvalue weighted by atomic mass is 32.1. The Kier molecular flexibility index (Phi) is 5.47. The number of nitrogens with one attached hydrogen (secondary N) is 2. The number of carbonyl (C=O) groups is 2. The second-order valence-corrected chi connectivity index (χ2v) is 8.82. The summed E-state index contributed by atoms with van der Waals surface area (Å²) in [6.07, 6.45) is 3.14. The summed E-state index contributed by atoms with van der Waals surface area (Å²) in [6.45, 7) is 6.40. The van der Waals surface area contributed by atoms with Crippen molar-refractivity contribution in [1.82, 2.24) is 10.6 Å². The molecule has 1 atom stereocenters. The molecule has 1 heterocycles. The first-order valence-electron chi connectivity index (χ1n) is 9.09. The van der Waals surface area contributed by atoms with E-state index in [4.69, 9.17) is 0 Å². The lowest BCUT2D eigenvalue weighted by atomic mass is 9.87. The second-order valence-electron chi connectivity index (χ2n) is 7.82. The Hall–Kier alpha value is -2.14. The van der Waals surface area contributed by atoms with Crippen molar-refractivity contribution in [3.05, 3.63) is 57.3 Å². The molecule has 1 aliphatic carbocycles. The highest BCUT2D eigenvalue weighted by molar-refractivity contribution is 7.10. The van der Waals surface area contributed by atoms with Crippen LogP contribution in [0, 0.1) is 0 Å². The van der Waals surface area contributed by atoms with E-state index in [2.05, 4.69) is 42.9 Å². The molecule has 0 radical (unpaired) electrons. The Bertz CT molecular complexity index is 787. The number of aryl methyl sites for hydroxylation is 1. The van der Waals surface area contributed by atoms with Gasteiger partial charge in [0.1, 0.15) is 0 Å². The predicted molar refractivity (Wildman–Crippen MR) is 106 cm³/mol. The molecule has 4 nitrogen and oxygen atoms in total. The molecule has 2 N–H and O–H groups in total. The molecule has 0 bridgehead atoms. The minimum atomic E-state index is -0.222. The maximum absolute atomic E-state index is 12.3. The van der Waals surface area contributed by atoms with Gasteiger partial charge in [0.15, 0.2) is 0 Å². The summed E-state index contributed by atoms with van der Waals surface area (Å²) in [5, 5.41) is 7.85. The molecule has 138 valence electrons. The Morgan fingerprint density at radius 1 is 1.15 bits per heavy atom. The van der Waals surface area contributed by atoms with E-state index in [1.54, 1.807) is 11.3 Å². The molecule has 2 aromatic rings. The Morgan fingerprint density at radius 2 is 1.88 bits per heavy atom. The van der Waals surface area contributed by atoms with Gasteiger partial charge in [-0.1, -0.05) is 32.9 Å². The zero-order valence-corrected chi connectivity index (χ0v) is 16.4. The van der Waals surface area contributed by atoms with Crippen molar-refractivity contribution >= 4 is 23.2 Å². The summed E-state index contributed by atoms with van der Waals surface area (Å²) in [7, 11) is 0. The van der Waals surface area contributed by atoms with Crippen LogP contribution in [0.5, 0.6) is 0 Å². The molecular weight excluding hydrogens is 344 g/mol. The van der Waals surface area contributed by atoms with Gasteiger partial charge in [0, 0.05) is 10.4 Å². The Balaban J connectivity index is 1.53. The fourth-order valence-corrected chi connectivity index (χ4v) is 4.25. The lowest BCUT2D eigenvalue weighted by Gasteiger charge is -2.23. The van der Waals surface area contributed by atoms with Crippen LogP contribution in [0.3, 0.4) is 0 Å². The number of fused-ring (bicyclic) bond motifs is 1. The number of carbonyl (C=O) groups excluding carboxylic acids is 2. The van der Waals surface area contributed by atoms with Gasteiger partial charge < -0.3 is 10.6 Å². The van der Waals surface area contributed by atoms with E-state index in [1.165, 1.54) is 16.0 Å². The highest BCUT2D eigenvalue weighted by Gasteiger charge is 2.22. The lowest BCUT2D eigenvalue weighted by molar-refractivity contribution is -0.121. The molecule has 1 aromatic heterocycles. The molecule has 1 aromatic carbocycles. The van der Waals surface area contributed by atoms with E-state index in [0.29, 0.717) is 5.56 Å². The van der Waals surface area contributed by atoms with Crippen molar-refractivity contribution in [2.24, 2.45) is 0 Å². The summed E-state index contributed by atoms with van der Waals surface area (Å²) in [5.74, 6) is -0.366. The van der Waals surface area contributed by atoms with Gasteiger partial charge in [-0.3, -0.25) is 9.59 Å². The van der Waals surface area contributed by atoms with Crippen molar-refractivity contribution in [2.75, 3.05) is 6.54 Å². The average molecular weight is 371 g/mol. The zero-order valence-electron chi connectivity index (χ0n) is 15.6. The fourth-order valence-electron chi connectivity index (χ4n) is 3.27. The number of rotatable bonds is 4. The van der Waals surface area contributed by atoms with Gasteiger partial charge >= 0.3 is 0 Å². The number of thiophene rings is 1. The standard InChI is InChI=1S/C21H26N2O2S/c1-21(2,3)15-9-7-14(8-10-15)20(25)22-13-19(24)23-17-5-4-6-18-16(17)11-12-26-18/h7-12,17H,4-6,13H2,1-3H3,(H,22,25)(H,23,24)/t17-/m0/s1. The first-order chi connectivity index (χ1) is 12.3. The maximum Gasteiger partial charge on any atom is 0.251 e. The third-order valence-corrected chi connectivity index (χ3v) is 5.81. The van der Waals surface area contributed by atoms with Crippen LogP contribution in [0.25, 0.3) is 0 Å². The summed E-state index contributed by atoms with van der Waals surface area (Å²) in [5.41, 5.74) is 3.04. The third kappa shape index (κ3) is 4.33. The molecule has 0 saturated carbocycles. The van der Waals surface area contributed by atoms with E-state index in [-0.39, 0.29) is 29.8 Å². The van der Waals surface area contributed by atoms with Gasteiger partial charge in [-0.05, 0) is 59.4 Å². The summed E-state index contributed by atoms with van der Waals surface area (Å²) < 4.78 is 0.